The average molecular weight is 323 g/mol. The molecule has 6 nitrogen and oxygen atoms in total. The van der Waals surface area contributed by atoms with E-state index in [4.69, 9.17) is 5.73 Å². The van der Waals surface area contributed by atoms with Crippen LogP contribution in [-0.4, -0.2) is 16.4 Å². The molecule has 1 aromatic heterocycles. The van der Waals surface area contributed by atoms with Crippen molar-refractivity contribution < 1.29 is 14.4 Å². The second kappa shape index (κ2) is 5.81. The van der Waals surface area contributed by atoms with Crippen molar-refractivity contribution in [2.75, 3.05) is 0 Å². The Labute approximate surface area is 138 Å². The number of nitrogens with zero attached hydrogens (tertiary/aromatic N) is 2. The lowest BCUT2D eigenvalue weighted by Gasteiger charge is -2.12. The van der Waals surface area contributed by atoms with Crippen LogP contribution in [0.15, 0.2) is 48.5 Å². The lowest BCUT2D eigenvalue weighted by Crippen LogP contribution is -2.44. The summed E-state index contributed by atoms with van der Waals surface area (Å²) in [5.74, 6) is -1.01. The van der Waals surface area contributed by atoms with Crippen molar-refractivity contribution in [1.29, 1.82) is 0 Å². The molecule has 0 saturated heterocycles. The van der Waals surface area contributed by atoms with Crippen molar-refractivity contribution in [3.05, 3.63) is 70.6 Å². The molecule has 1 unspecified atom stereocenters. The molecular formula is C18H17N3O3. The number of primary amides is 1. The molecule has 3 rings (SSSR count). The number of amides is 1. The molecule has 6 heteroatoms. The number of aromatic nitrogens is 2. The minimum Gasteiger partial charge on any atom is -0.595 e. The Morgan fingerprint density at radius 1 is 1.12 bits per heavy atom. The summed E-state index contributed by atoms with van der Waals surface area (Å²) in [7, 11) is 0. The van der Waals surface area contributed by atoms with Crippen LogP contribution in [0.4, 0.5) is 0 Å². The summed E-state index contributed by atoms with van der Waals surface area (Å²) in [4.78, 5) is 25.2. The summed E-state index contributed by atoms with van der Waals surface area (Å²) in [5.41, 5.74) is 7.32. The first-order valence-corrected chi connectivity index (χ1v) is 7.55. The van der Waals surface area contributed by atoms with Gasteiger partial charge in [0, 0.05) is 11.6 Å². The zero-order valence-electron chi connectivity index (χ0n) is 13.4. The van der Waals surface area contributed by atoms with Gasteiger partial charge in [0.05, 0.1) is 5.39 Å². The van der Waals surface area contributed by atoms with E-state index in [1.54, 1.807) is 36.4 Å². The summed E-state index contributed by atoms with van der Waals surface area (Å²) in [6.07, 6.45) is 0. The highest BCUT2D eigenvalue weighted by atomic mass is 16.5. The normalized spacial score (nSPS) is 12.2. The van der Waals surface area contributed by atoms with E-state index in [1.165, 1.54) is 6.92 Å². The number of nitrogens with two attached hydrogens (primary N) is 1. The predicted molar refractivity (Wildman–Crippen MR) is 89.4 cm³/mol. The summed E-state index contributed by atoms with van der Waals surface area (Å²) in [6.45, 7) is 3.43. The highest BCUT2D eigenvalue weighted by Gasteiger charge is 2.31. The molecule has 0 fully saturated rings. The topological polar surface area (TPSA) is 92.0 Å². The van der Waals surface area contributed by atoms with Gasteiger partial charge in [-0.15, -0.1) is 4.68 Å². The maximum absolute atomic E-state index is 13.0. The molecule has 0 aliphatic carbocycles. The van der Waals surface area contributed by atoms with Gasteiger partial charge in [-0.25, -0.2) is 0 Å². The standard InChI is InChI=1S/C18H17N3O3/c1-11-7-9-13(10-8-11)17(22)16-14-5-3-4-6-15(14)21(24)20(16)12(2)18(19)23/h3-10,12H,1-2H3,(H2,19,23). The largest absolute Gasteiger partial charge is 0.595 e. The zero-order chi connectivity index (χ0) is 17.4. The fourth-order valence-electron chi connectivity index (χ4n) is 2.71. The third kappa shape index (κ3) is 2.42. The molecule has 1 atom stereocenters. The van der Waals surface area contributed by atoms with Gasteiger partial charge in [0.1, 0.15) is 0 Å². The predicted octanol–water partition coefficient (Wildman–Crippen LogP) is 1.86. The lowest BCUT2D eigenvalue weighted by molar-refractivity contribution is -0.671. The van der Waals surface area contributed by atoms with Crippen LogP contribution >= 0.6 is 0 Å². The molecule has 24 heavy (non-hydrogen) atoms. The highest BCUT2D eigenvalue weighted by Crippen LogP contribution is 2.23. The fourth-order valence-corrected chi connectivity index (χ4v) is 2.71. The van der Waals surface area contributed by atoms with Crippen LogP contribution in [-0.2, 0) is 4.79 Å². The molecule has 2 aromatic carbocycles. The molecular weight excluding hydrogens is 306 g/mol. The van der Waals surface area contributed by atoms with Gasteiger partial charge in [-0.1, -0.05) is 46.8 Å². The van der Waals surface area contributed by atoms with E-state index >= 15 is 0 Å². The van der Waals surface area contributed by atoms with Crippen molar-refractivity contribution in [2.24, 2.45) is 5.73 Å². The van der Waals surface area contributed by atoms with Crippen LogP contribution in [0, 0.1) is 12.1 Å². The van der Waals surface area contributed by atoms with Crippen LogP contribution in [0.25, 0.3) is 10.9 Å². The number of hydrogen-bond donors (Lipinski definition) is 1. The third-order valence-electron chi connectivity index (χ3n) is 4.10. The van der Waals surface area contributed by atoms with Gasteiger partial charge in [0.25, 0.3) is 5.52 Å². The van der Waals surface area contributed by atoms with E-state index in [0.717, 1.165) is 10.2 Å². The van der Waals surface area contributed by atoms with Gasteiger partial charge in [0.2, 0.25) is 11.7 Å². The highest BCUT2D eigenvalue weighted by molar-refractivity contribution is 6.14. The molecule has 0 aliphatic heterocycles. The van der Waals surface area contributed by atoms with Gasteiger partial charge >= 0.3 is 0 Å². The zero-order valence-corrected chi connectivity index (χ0v) is 13.4. The number of carbonyl (C=O) groups excluding carboxylic acids is 2. The molecule has 122 valence electrons. The van der Waals surface area contributed by atoms with E-state index in [0.29, 0.717) is 21.3 Å². The van der Waals surface area contributed by atoms with E-state index in [9.17, 15) is 14.8 Å². The van der Waals surface area contributed by atoms with E-state index in [1.807, 2.05) is 19.1 Å². The quantitative estimate of drug-likeness (QED) is 0.451. The van der Waals surface area contributed by atoms with Crippen LogP contribution in [0.5, 0.6) is 0 Å². The monoisotopic (exact) mass is 323 g/mol. The smallest absolute Gasteiger partial charge is 0.252 e. The van der Waals surface area contributed by atoms with Gasteiger partial charge in [-0.3, -0.25) is 9.59 Å². The molecule has 0 spiro atoms. The minimum atomic E-state index is -0.945. The molecule has 1 amide bonds. The number of fused-ring (bicyclic) bond motifs is 1. The number of rotatable bonds is 4. The first-order chi connectivity index (χ1) is 11.4. The Morgan fingerprint density at radius 3 is 2.38 bits per heavy atom. The van der Waals surface area contributed by atoms with Crippen molar-refractivity contribution in [2.45, 2.75) is 19.9 Å². The summed E-state index contributed by atoms with van der Waals surface area (Å²) < 4.78 is 1.12. The molecule has 3 aromatic rings. The van der Waals surface area contributed by atoms with Crippen LogP contribution < -0.4 is 10.6 Å². The van der Waals surface area contributed by atoms with Gasteiger partial charge in [0.15, 0.2) is 11.7 Å². The van der Waals surface area contributed by atoms with Gasteiger partial charge < -0.3 is 10.9 Å². The number of hydrogen-bond acceptors (Lipinski definition) is 3. The summed E-state index contributed by atoms with van der Waals surface area (Å²) in [5, 5.41) is 13.1. The second-order valence-electron chi connectivity index (χ2n) is 5.76. The number of ketones is 1. The number of carbonyl (C=O) groups is 2. The van der Waals surface area contributed by atoms with Crippen molar-refractivity contribution in [1.82, 2.24) is 4.68 Å². The molecule has 2 N–H and O–H groups in total. The summed E-state index contributed by atoms with van der Waals surface area (Å²) in [6, 6.07) is 12.9. The number of benzene rings is 2. The minimum absolute atomic E-state index is 0.163. The van der Waals surface area contributed by atoms with Crippen LogP contribution in [0.1, 0.15) is 34.6 Å². The molecule has 1 heterocycles. The first kappa shape index (κ1) is 15.7. The van der Waals surface area contributed by atoms with Crippen molar-refractivity contribution in [3.63, 3.8) is 0 Å². The van der Waals surface area contributed by atoms with Crippen molar-refractivity contribution in [3.8, 4) is 0 Å². The second-order valence-corrected chi connectivity index (χ2v) is 5.76. The Bertz CT molecular complexity index is 942. The molecule has 0 bridgehead atoms. The molecule has 0 radical (unpaired) electrons. The van der Waals surface area contributed by atoms with Gasteiger partial charge in [-0.05, 0) is 19.9 Å². The SMILES string of the molecule is Cc1ccc(C(=O)c2c3ccccc3[n+]([O-])n2C(C)C(N)=O)cc1. The number of aryl methyl sites for hydroxylation is 1. The average Bonchev–Trinajstić information content (AvgIpc) is 2.87. The third-order valence-corrected chi connectivity index (χ3v) is 4.10. The van der Waals surface area contributed by atoms with Gasteiger partial charge in [-0.2, -0.15) is 0 Å². The number of para-hydroxylation sites is 1. The Hall–Kier alpha value is -3.15. The first-order valence-electron chi connectivity index (χ1n) is 7.55. The van der Waals surface area contributed by atoms with E-state index in [2.05, 4.69) is 0 Å². The maximum atomic E-state index is 13.0. The lowest BCUT2D eigenvalue weighted by atomic mass is 10.0. The maximum Gasteiger partial charge on any atom is 0.252 e. The Balaban J connectivity index is 2.29. The Morgan fingerprint density at radius 2 is 1.75 bits per heavy atom. The molecule has 0 saturated carbocycles. The van der Waals surface area contributed by atoms with Crippen molar-refractivity contribution >= 4 is 22.6 Å². The van der Waals surface area contributed by atoms with Crippen LogP contribution in [0.3, 0.4) is 0 Å². The van der Waals surface area contributed by atoms with E-state index in [-0.39, 0.29) is 11.5 Å². The molecule has 0 aliphatic rings. The fraction of sp³-hybridized carbons (Fsp3) is 0.167. The summed E-state index contributed by atoms with van der Waals surface area (Å²) >= 11 is 0. The Kier molecular flexibility index (Phi) is 3.81. The van der Waals surface area contributed by atoms with E-state index < -0.39 is 11.9 Å². The van der Waals surface area contributed by atoms with Crippen LogP contribution in [0.2, 0.25) is 0 Å².